The molecular formula is C14H19NO2. The summed E-state index contributed by atoms with van der Waals surface area (Å²) in [5.74, 6) is -0.183. The van der Waals surface area contributed by atoms with Crippen LogP contribution in [0.5, 0.6) is 0 Å². The molecule has 1 aromatic rings. The zero-order valence-corrected chi connectivity index (χ0v) is 10.8. The van der Waals surface area contributed by atoms with Crippen molar-refractivity contribution < 1.29 is 9.59 Å². The normalized spacial score (nSPS) is 10.4. The topological polar surface area (TPSA) is 46.2 Å². The van der Waals surface area contributed by atoms with E-state index in [1.807, 2.05) is 39.8 Å². The molecule has 0 aromatic heterocycles. The lowest BCUT2D eigenvalue weighted by atomic mass is 10.0. The van der Waals surface area contributed by atoms with Gasteiger partial charge in [-0.1, -0.05) is 26.0 Å². The molecule has 0 radical (unpaired) electrons. The third-order valence-electron chi connectivity index (χ3n) is 2.92. The Bertz CT molecular complexity index is 436. The number of amides is 1. The summed E-state index contributed by atoms with van der Waals surface area (Å²) in [5.41, 5.74) is 2.68. The molecule has 3 heteroatoms. The van der Waals surface area contributed by atoms with Gasteiger partial charge in [-0.25, -0.2) is 0 Å². The van der Waals surface area contributed by atoms with Crippen LogP contribution < -0.4 is 5.32 Å². The summed E-state index contributed by atoms with van der Waals surface area (Å²) in [6.07, 6.45) is 0. The summed E-state index contributed by atoms with van der Waals surface area (Å²) in [6.45, 7) is 7.63. The highest BCUT2D eigenvalue weighted by Gasteiger charge is 2.12. The van der Waals surface area contributed by atoms with E-state index in [0.29, 0.717) is 5.56 Å². The number of Topliss-reactive ketones (excluding diaryl/α,β-unsaturated/α-hetero) is 1. The van der Waals surface area contributed by atoms with Gasteiger partial charge in [0.1, 0.15) is 0 Å². The van der Waals surface area contributed by atoms with Crippen LogP contribution in [0.25, 0.3) is 0 Å². The summed E-state index contributed by atoms with van der Waals surface area (Å²) in [7, 11) is 0. The molecule has 1 aromatic carbocycles. The van der Waals surface area contributed by atoms with E-state index in [-0.39, 0.29) is 24.2 Å². The van der Waals surface area contributed by atoms with Gasteiger partial charge in [0.05, 0.1) is 6.54 Å². The fourth-order valence-electron chi connectivity index (χ4n) is 1.46. The van der Waals surface area contributed by atoms with E-state index in [2.05, 4.69) is 5.32 Å². The van der Waals surface area contributed by atoms with Crippen molar-refractivity contribution in [2.24, 2.45) is 5.92 Å². The van der Waals surface area contributed by atoms with E-state index in [1.165, 1.54) is 0 Å². The Kier molecular flexibility index (Phi) is 4.44. The number of aryl methyl sites for hydroxylation is 1. The SMILES string of the molecule is Cc1cccc(C(=O)NCC(=O)C(C)C)c1C. The first-order chi connectivity index (χ1) is 7.93. The van der Waals surface area contributed by atoms with Crippen molar-refractivity contribution in [1.82, 2.24) is 5.32 Å². The van der Waals surface area contributed by atoms with E-state index in [9.17, 15) is 9.59 Å². The fraction of sp³-hybridized carbons (Fsp3) is 0.429. The number of carbonyl (C=O) groups excluding carboxylic acids is 2. The van der Waals surface area contributed by atoms with Gasteiger partial charge in [0.15, 0.2) is 5.78 Å². The van der Waals surface area contributed by atoms with E-state index in [4.69, 9.17) is 0 Å². The van der Waals surface area contributed by atoms with Crippen LogP contribution in [0.1, 0.15) is 35.3 Å². The maximum atomic E-state index is 11.9. The quantitative estimate of drug-likeness (QED) is 0.867. The van der Waals surface area contributed by atoms with Crippen molar-refractivity contribution in [2.45, 2.75) is 27.7 Å². The second kappa shape index (κ2) is 5.62. The Morgan fingerprint density at radius 3 is 2.47 bits per heavy atom. The number of hydrogen-bond donors (Lipinski definition) is 1. The molecule has 0 aliphatic carbocycles. The van der Waals surface area contributed by atoms with E-state index >= 15 is 0 Å². The molecule has 0 saturated carbocycles. The van der Waals surface area contributed by atoms with Crippen LogP contribution in [0, 0.1) is 19.8 Å². The van der Waals surface area contributed by atoms with Gasteiger partial charge >= 0.3 is 0 Å². The van der Waals surface area contributed by atoms with Gasteiger partial charge in [-0.3, -0.25) is 9.59 Å². The molecule has 0 bridgehead atoms. The minimum absolute atomic E-state index is 0.0451. The van der Waals surface area contributed by atoms with Crippen molar-refractivity contribution in [3.8, 4) is 0 Å². The molecule has 92 valence electrons. The first-order valence-electron chi connectivity index (χ1n) is 5.80. The highest BCUT2D eigenvalue weighted by Crippen LogP contribution is 2.12. The van der Waals surface area contributed by atoms with Crippen LogP contribution in [-0.2, 0) is 4.79 Å². The average Bonchev–Trinajstić information content (AvgIpc) is 2.29. The van der Waals surface area contributed by atoms with E-state index in [0.717, 1.165) is 11.1 Å². The Hall–Kier alpha value is -1.64. The van der Waals surface area contributed by atoms with Crippen molar-refractivity contribution in [2.75, 3.05) is 6.54 Å². The van der Waals surface area contributed by atoms with Crippen LogP contribution in [0.15, 0.2) is 18.2 Å². The summed E-state index contributed by atoms with van der Waals surface area (Å²) in [5, 5.41) is 2.66. The molecule has 3 nitrogen and oxygen atoms in total. The maximum absolute atomic E-state index is 11.9. The first-order valence-corrected chi connectivity index (χ1v) is 5.80. The summed E-state index contributed by atoms with van der Waals surface area (Å²) < 4.78 is 0. The molecule has 0 aliphatic rings. The Balaban J connectivity index is 2.71. The molecule has 0 atom stereocenters. The minimum atomic E-state index is -0.180. The summed E-state index contributed by atoms with van der Waals surface area (Å²) in [6, 6.07) is 5.59. The molecule has 0 aliphatic heterocycles. The highest BCUT2D eigenvalue weighted by atomic mass is 16.2. The second-order valence-electron chi connectivity index (χ2n) is 4.55. The molecule has 1 amide bonds. The molecule has 0 saturated heterocycles. The smallest absolute Gasteiger partial charge is 0.251 e. The molecule has 0 spiro atoms. The van der Waals surface area contributed by atoms with Gasteiger partial charge in [0.25, 0.3) is 5.91 Å². The zero-order chi connectivity index (χ0) is 13.0. The van der Waals surface area contributed by atoms with Crippen LogP contribution in [0.4, 0.5) is 0 Å². The number of benzene rings is 1. The van der Waals surface area contributed by atoms with Gasteiger partial charge < -0.3 is 5.32 Å². The standard InChI is InChI=1S/C14H19NO2/c1-9(2)13(16)8-15-14(17)12-7-5-6-10(3)11(12)4/h5-7,9H,8H2,1-4H3,(H,15,17). The monoisotopic (exact) mass is 233 g/mol. The number of hydrogen-bond acceptors (Lipinski definition) is 2. The predicted molar refractivity (Wildman–Crippen MR) is 68.1 cm³/mol. The Morgan fingerprint density at radius 1 is 1.24 bits per heavy atom. The molecular weight excluding hydrogens is 214 g/mol. The minimum Gasteiger partial charge on any atom is -0.345 e. The summed E-state index contributed by atoms with van der Waals surface area (Å²) in [4.78, 5) is 23.3. The lowest BCUT2D eigenvalue weighted by Crippen LogP contribution is -2.32. The van der Waals surface area contributed by atoms with E-state index < -0.39 is 0 Å². The van der Waals surface area contributed by atoms with Gasteiger partial charge in [-0.15, -0.1) is 0 Å². The lowest BCUT2D eigenvalue weighted by Gasteiger charge is -2.10. The maximum Gasteiger partial charge on any atom is 0.251 e. The Labute approximate surface area is 102 Å². The molecule has 0 unspecified atom stereocenters. The second-order valence-corrected chi connectivity index (χ2v) is 4.55. The van der Waals surface area contributed by atoms with Gasteiger partial charge in [-0.2, -0.15) is 0 Å². The Morgan fingerprint density at radius 2 is 1.88 bits per heavy atom. The highest BCUT2D eigenvalue weighted by molar-refractivity contribution is 5.98. The number of nitrogens with one attached hydrogen (secondary N) is 1. The van der Waals surface area contributed by atoms with Gasteiger partial charge in [0, 0.05) is 11.5 Å². The number of ketones is 1. The molecule has 1 rings (SSSR count). The largest absolute Gasteiger partial charge is 0.345 e. The van der Waals surface area contributed by atoms with Gasteiger partial charge in [-0.05, 0) is 31.0 Å². The van der Waals surface area contributed by atoms with Crippen molar-refractivity contribution >= 4 is 11.7 Å². The third-order valence-corrected chi connectivity index (χ3v) is 2.92. The average molecular weight is 233 g/mol. The molecule has 0 fully saturated rings. The predicted octanol–water partition coefficient (Wildman–Crippen LogP) is 2.26. The van der Waals surface area contributed by atoms with Crippen LogP contribution in [-0.4, -0.2) is 18.2 Å². The van der Waals surface area contributed by atoms with Gasteiger partial charge in [0.2, 0.25) is 0 Å². The number of rotatable bonds is 4. The molecule has 0 heterocycles. The van der Waals surface area contributed by atoms with Crippen molar-refractivity contribution in [3.63, 3.8) is 0 Å². The van der Waals surface area contributed by atoms with Crippen LogP contribution in [0.3, 0.4) is 0 Å². The fourth-order valence-corrected chi connectivity index (χ4v) is 1.46. The lowest BCUT2D eigenvalue weighted by molar-refractivity contribution is -0.120. The van der Waals surface area contributed by atoms with Crippen LogP contribution >= 0.6 is 0 Å². The molecule has 17 heavy (non-hydrogen) atoms. The van der Waals surface area contributed by atoms with E-state index in [1.54, 1.807) is 6.07 Å². The molecule has 1 N–H and O–H groups in total. The number of carbonyl (C=O) groups is 2. The third kappa shape index (κ3) is 3.41. The summed E-state index contributed by atoms with van der Waals surface area (Å²) >= 11 is 0. The van der Waals surface area contributed by atoms with Crippen molar-refractivity contribution in [3.05, 3.63) is 34.9 Å². The zero-order valence-electron chi connectivity index (χ0n) is 10.8. The van der Waals surface area contributed by atoms with Crippen molar-refractivity contribution in [1.29, 1.82) is 0 Å². The van der Waals surface area contributed by atoms with Crippen LogP contribution in [0.2, 0.25) is 0 Å². The first kappa shape index (κ1) is 13.4.